The first kappa shape index (κ1) is 63.4. The maximum atomic E-state index is 0. The molecule has 0 aromatic rings. The Morgan fingerprint density at radius 2 is 0.800 bits per heavy atom. The number of hydrogen-bond donors (Lipinski definition) is 0. The summed E-state index contributed by atoms with van der Waals surface area (Å²) in [6.07, 6.45) is 0. The van der Waals surface area contributed by atoms with Crippen molar-refractivity contribution in [3.8, 4) is 0 Å². The second-order valence-electron chi connectivity index (χ2n) is 0. The van der Waals surface area contributed by atoms with E-state index < -0.39 is 0 Å². The van der Waals surface area contributed by atoms with Crippen LogP contribution in [0, 0.1) is 0 Å². The molecule has 0 aliphatic rings. The Balaban J connectivity index is 0. The van der Waals surface area contributed by atoms with Crippen molar-refractivity contribution in [3.05, 3.63) is 0 Å². The predicted octanol–water partition coefficient (Wildman–Crippen LogP) is -0.0681. The van der Waals surface area contributed by atoms with Gasteiger partial charge in [0.2, 0.25) is 0 Å². The molecule has 0 spiro atoms. The fourth-order valence-electron chi connectivity index (χ4n) is 0. The molecule has 1 nitrogen and oxygen atoms in total. The van der Waals surface area contributed by atoms with Crippen LogP contribution < -0.4 is 0 Å². The largest absolute Gasteiger partial charge is 2.00 e. The SMILES string of the molecule is P.[O-2].[S-2].[Zn+2].[Zn+2]. The van der Waals surface area contributed by atoms with Crippen molar-refractivity contribution in [2.24, 2.45) is 0 Å². The van der Waals surface area contributed by atoms with Crippen molar-refractivity contribution in [3.63, 3.8) is 0 Å². The van der Waals surface area contributed by atoms with E-state index >= 15 is 0 Å². The minimum atomic E-state index is 0. The molecule has 0 aromatic heterocycles. The van der Waals surface area contributed by atoms with E-state index in [0.29, 0.717) is 0 Å². The topological polar surface area (TPSA) is 28.5 Å². The summed E-state index contributed by atoms with van der Waals surface area (Å²) in [6, 6.07) is 0. The van der Waals surface area contributed by atoms with Gasteiger partial charge in [0, 0.05) is 0 Å². The molecular formula is H3OPSZn2. The molecule has 0 aliphatic carbocycles. The molecule has 0 N–H and O–H groups in total. The van der Waals surface area contributed by atoms with Gasteiger partial charge in [0.15, 0.2) is 0 Å². The summed E-state index contributed by atoms with van der Waals surface area (Å²) < 4.78 is 0. The molecular weight excluding hydrogens is 210 g/mol. The van der Waals surface area contributed by atoms with Crippen LogP contribution in [-0.4, -0.2) is 0 Å². The van der Waals surface area contributed by atoms with Crippen molar-refractivity contribution in [1.29, 1.82) is 0 Å². The van der Waals surface area contributed by atoms with Gasteiger partial charge in [-0.15, -0.1) is 0 Å². The van der Waals surface area contributed by atoms with Crippen LogP contribution in [-0.2, 0) is 57.9 Å². The molecule has 0 aromatic carbocycles. The van der Waals surface area contributed by atoms with Gasteiger partial charge in [-0.2, -0.15) is 9.90 Å². The van der Waals surface area contributed by atoms with Crippen molar-refractivity contribution in [1.82, 2.24) is 0 Å². The van der Waals surface area contributed by atoms with Crippen LogP contribution in [0.4, 0.5) is 0 Å². The van der Waals surface area contributed by atoms with Gasteiger partial charge in [0.25, 0.3) is 0 Å². The smallest absolute Gasteiger partial charge is 2.00 e. The molecule has 1 unspecified atom stereocenters. The summed E-state index contributed by atoms with van der Waals surface area (Å²) in [5.41, 5.74) is 0. The number of hydrogen-bond acceptors (Lipinski definition) is 0. The van der Waals surface area contributed by atoms with E-state index in [1.165, 1.54) is 0 Å². The van der Waals surface area contributed by atoms with Gasteiger partial charge in [0.1, 0.15) is 0 Å². The normalized spacial score (nSPS) is 0. The van der Waals surface area contributed by atoms with Crippen LogP contribution in [0.1, 0.15) is 0 Å². The van der Waals surface area contributed by atoms with E-state index in [1.54, 1.807) is 0 Å². The average molecular weight is 213 g/mol. The second-order valence-corrected chi connectivity index (χ2v) is 0. The molecule has 5 heteroatoms. The molecule has 1 atom stereocenters. The monoisotopic (exact) mass is 210 g/mol. The Morgan fingerprint density at radius 3 is 0.800 bits per heavy atom. The molecule has 0 amide bonds. The Bertz CT molecular complexity index is 9.61. The molecule has 0 aliphatic heterocycles. The van der Waals surface area contributed by atoms with Gasteiger partial charge < -0.3 is 19.0 Å². The molecule has 5 heavy (non-hydrogen) atoms. The van der Waals surface area contributed by atoms with E-state index in [2.05, 4.69) is 0 Å². The van der Waals surface area contributed by atoms with Gasteiger partial charge in [-0.25, -0.2) is 0 Å². The molecule has 0 saturated carbocycles. The van der Waals surface area contributed by atoms with Gasteiger partial charge in [-0.1, -0.05) is 0 Å². The molecule has 0 heterocycles. The summed E-state index contributed by atoms with van der Waals surface area (Å²) in [7, 11) is 0. The van der Waals surface area contributed by atoms with Gasteiger partial charge in [-0.05, 0) is 0 Å². The van der Waals surface area contributed by atoms with Crippen LogP contribution in [0.25, 0.3) is 0 Å². The average Bonchev–Trinajstić information content (AvgIpc) is 0. The number of rotatable bonds is 0. The van der Waals surface area contributed by atoms with E-state index in [0.717, 1.165) is 0 Å². The van der Waals surface area contributed by atoms with Crippen molar-refractivity contribution >= 4 is 23.4 Å². The Morgan fingerprint density at radius 1 is 0.800 bits per heavy atom. The van der Waals surface area contributed by atoms with E-state index in [-0.39, 0.29) is 67.8 Å². The van der Waals surface area contributed by atoms with Gasteiger partial charge >= 0.3 is 39.0 Å². The first-order chi connectivity index (χ1) is 0. The summed E-state index contributed by atoms with van der Waals surface area (Å²) in [5.74, 6) is 0. The zero-order chi connectivity index (χ0) is 0. The van der Waals surface area contributed by atoms with E-state index in [9.17, 15) is 0 Å². The quantitative estimate of drug-likeness (QED) is 0.398. The third-order valence-corrected chi connectivity index (χ3v) is 0. The van der Waals surface area contributed by atoms with Crippen LogP contribution in [0.3, 0.4) is 0 Å². The van der Waals surface area contributed by atoms with Crippen molar-refractivity contribution < 1.29 is 44.4 Å². The summed E-state index contributed by atoms with van der Waals surface area (Å²) in [6.45, 7) is 0. The van der Waals surface area contributed by atoms with Crippen LogP contribution in [0.15, 0.2) is 0 Å². The summed E-state index contributed by atoms with van der Waals surface area (Å²) in [5, 5.41) is 0. The molecule has 24 valence electrons. The Kier molecular flexibility index (Phi) is 479. The molecule has 0 saturated heterocycles. The molecule has 0 bridgehead atoms. The van der Waals surface area contributed by atoms with Crippen molar-refractivity contribution in [2.45, 2.75) is 0 Å². The minimum absolute atomic E-state index is 0. The zero-order valence-corrected chi connectivity index (χ0v) is 11.1. The fraction of sp³-hybridized carbons (Fsp3) is 0. The summed E-state index contributed by atoms with van der Waals surface area (Å²) in [4.78, 5) is 0. The zero-order valence-electron chi connectivity index (χ0n) is 2.94. The first-order valence-corrected chi connectivity index (χ1v) is 0. The third kappa shape index (κ3) is 24.1. The maximum absolute atomic E-state index is 0. The predicted molar refractivity (Wildman–Crippen MR) is 19.2 cm³/mol. The van der Waals surface area contributed by atoms with E-state index in [1.807, 2.05) is 0 Å². The van der Waals surface area contributed by atoms with Gasteiger partial charge in [0.05, 0.1) is 0 Å². The van der Waals surface area contributed by atoms with Crippen LogP contribution >= 0.6 is 9.90 Å². The Labute approximate surface area is 67.6 Å². The molecule has 0 radical (unpaired) electrons. The molecule has 0 rings (SSSR count). The second kappa shape index (κ2) is 37.7. The first-order valence-electron chi connectivity index (χ1n) is 0. The third-order valence-electron chi connectivity index (χ3n) is 0. The van der Waals surface area contributed by atoms with Crippen LogP contribution in [0.2, 0.25) is 0 Å². The van der Waals surface area contributed by atoms with Crippen LogP contribution in [0.5, 0.6) is 0 Å². The molecule has 0 fully saturated rings. The van der Waals surface area contributed by atoms with E-state index in [4.69, 9.17) is 0 Å². The maximum Gasteiger partial charge on any atom is 2.00 e. The fourth-order valence-corrected chi connectivity index (χ4v) is 0. The van der Waals surface area contributed by atoms with Gasteiger partial charge in [-0.3, -0.25) is 0 Å². The summed E-state index contributed by atoms with van der Waals surface area (Å²) >= 11 is 0. The Hall–Kier alpha value is 1.99. The van der Waals surface area contributed by atoms with Crippen molar-refractivity contribution in [2.75, 3.05) is 0 Å². The standard InChI is InChI=1S/O.H3P.S.2Zn/h;1H3;;;/q-2;;-2;2*+2. The minimum Gasteiger partial charge on any atom is -2.00 e.